The number of hydrogen-bond donors (Lipinski definition) is 2. The molecule has 0 aliphatic rings. The van der Waals surface area contributed by atoms with Crippen LogP contribution in [0.3, 0.4) is 0 Å². The van der Waals surface area contributed by atoms with Crippen molar-refractivity contribution in [1.82, 2.24) is 0 Å². The molecule has 0 amide bonds. The summed E-state index contributed by atoms with van der Waals surface area (Å²) in [5.41, 5.74) is 0. The molecule has 2 N–H and O–H groups in total. The smallest absolute Gasteiger partial charge is 1.00 e. The van der Waals surface area contributed by atoms with Gasteiger partial charge in [0.1, 0.15) is 13.2 Å². The fraction of sp³-hybridized carbons (Fsp3) is 0.750. The van der Waals surface area contributed by atoms with E-state index in [9.17, 15) is 16.8 Å². The van der Waals surface area contributed by atoms with Gasteiger partial charge >= 0.3 is 51.4 Å². The molecule has 0 unspecified atom stereocenters. The Morgan fingerprint density at radius 1 is 0.349 bits per heavy atom. The van der Waals surface area contributed by atoms with E-state index in [1.807, 2.05) is 36.4 Å². The van der Waals surface area contributed by atoms with Crippen LogP contribution in [0.15, 0.2) is 36.4 Å². The standard InChI is InChI=1S/C40H68O20S2.K.H/c41-61(42,43)33-3-7-47-9-11-49-13-15-51-17-19-53-21-23-55-25-27-57-29-31-59-39-35-37-5-1-2-6-38(37)36-40(39)60-32-30-58-28-26-56-24-22-54-20-18-52-16-14-50-12-10-48-8-4-34-62(44,45)46;;/h1-2,5-6,35-36H,3-4,7-34H2,(H,41,42,43)(H,44,45,46);;/q;+1;-1. The molecular weight excluding hydrogens is 904 g/mol. The predicted molar refractivity (Wildman–Crippen MR) is 228 cm³/mol. The van der Waals surface area contributed by atoms with Gasteiger partial charge in [0.2, 0.25) is 0 Å². The van der Waals surface area contributed by atoms with E-state index < -0.39 is 20.2 Å². The van der Waals surface area contributed by atoms with Crippen molar-refractivity contribution >= 4 is 31.0 Å². The Labute approximate surface area is 416 Å². The van der Waals surface area contributed by atoms with Crippen molar-refractivity contribution in [2.45, 2.75) is 12.8 Å². The predicted octanol–water partition coefficient (Wildman–Crippen LogP) is -0.531. The molecule has 0 fully saturated rings. The van der Waals surface area contributed by atoms with Gasteiger partial charge < -0.3 is 67.7 Å². The van der Waals surface area contributed by atoms with Crippen LogP contribution in [0, 0.1) is 0 Å². The van der Waals surface area contributed by atoms with Crippen molar-refractivity contribution < 1.29 is 145 Å². The first-order valence-corrected chi connectivity index (χ1v) is 24.0. The van der Waals surface area contributed by atoms with Crippen molar-refractivity contribution in [3.63, 3.8) is 0 Å². The molecule has 0 atom stereocenters. The summed E-state index contributed by atoms with van der Waals surface area (Å²) in [7, 11) is -7.89. The molecule has 0 aliphatic carbocycles. The number of fused-ring (bicyclic) bond motifs is 1. The molecule has 2 rings (SSSR count). The van der Waals surface area contributed by atoms with Crippen molar-refractivity contribution in [3.8, 4) is 11.5 Å². The maximum Gasteiger partial charge on any atom is 1.00 e. The summed E-state index contributed by atoms with van der Waals surface area (Å²) in [6, 6.07) is 11.9. The van der Waals surface area contributed by atoms with Gasteiger partial charge in [-0.05, 0) is 35.7 Å². The Hall–Kier alpha value is -0.724. The Balaban J connectivity index is 0.0000198. The first kappa shape index (κ1) is 60.3. The maximum absolute atomic E-state index is 10.6. The number of ether oxygens (including phenoxy) is 14. The molecule has 63 heavy (non-hydrogen) atoms. The first-order chi connectivity index (χ1) is 30.1. The van der Waals surface area contributed by atoms with Gasteiger partial charge in [0.15, 0.2) is 11.5 Å². The Morgan fingerprint density at radius 2 is 0.556 bits per heavy atom. The van der Waals surface area contributed by atoms with Gasteiger partial charge in [0.25, 0.3) is 20.2 Å². The molecule has 2 aromatic carbocycles. The van der Waals surface area contributed by atoms with Crippen LogP contribution in [0.5, 0.6) is 11.5 Å². The molecule has 0 aliphatic heterocycles. The summed E-state index contributed by atoms with van der Waals surface area (Å²) in [4.78, 5) is 0. The summed E-state index contributed by atoms with van der Waals surface area (Å²) in [6.45, 7) is 10.1. The van der Waals surface area contributed by atoms with Crippen molar-refractivity contribution in [2.24, 2.45) is 0 Å². The molecule has 362 valence electrons. The second kappa shape index (κ2) is 41.5. The largest absolute Gasteiger partial charge is 1.00 e. The van der Waals surface area contributed by atoms with Gasteiger partial charge in [-0.3, -0.25) is 9.11 Å². The molecule has 0 heterocycles. The summed E-state index contributed by atoms with van der Waals surface area (Å²) < 4.78 is 137. The van der Waals surface area contributed by atoms with Gasteiger partial charge in [-0.15, -0.1) is 0 Å². The van der Waals surface area contributed by atoms with Crippen LogP contribution in [-0.2, 0) is 77.1 Å². The van der Waals surface area contributed by atoms with Crippen LogP contribution in [0.4, 0.5) is 0 Å². The van der Waals surface area contributed by atoms with Crippen LogP contribution in [0.25, 0.3) is 10.8 Å². The van der Waals surface area contributed by atoms with Gasteiger partial charge in [0.05, 0.1) is 157 Å². The number of benzene rings is 2. The minimum absolute atomic E-state index is 0. The fourth-order valence-corrected chi connectivity index (χ4v) is 5.90. The van der Waals surface area contributed by atoms with E-state index in [-0.39, 0.29) is 90.4 Å². The number of rotatable bonds is 46. The topological polar surface area (TPSA) is 238 Å². The van der Waals surface area contributed by atoms with E-state index in [2.05, 4.69) is 0 Å². The SMILES string of the molecule is O=S(=O)(O)CCCOCCOCCOCCOCCOCCOCCOc1cc2ccccc2cc1OCCOCCOCCOCCOCCOCCOCCCS(=O)(=O)O.[H-].[K+]. The molecule has 0 aromatic heterocycles. The zero-order valence-corrected chi connectivity index (χ0v) is 41.5. The van der Waals surface area contributed by atoms with E-state index in [1.54, 1.807) is 0 Å². The monoisotopic (exact) mass is 972 g/mol. The first-order valence-electron chi connectivity index (χ1n) is 20.8. The zero-order valence-electron chi connectivity index (χ0n) is 37.7. The summed E-state index contributed by atoms with van der Waals surface area (Å²) in [5.74, 6) is 0.605. The van der Waals surface area contributed by atoms with Gasteiger partial charge in [-0.2, -0.15) is 16.8 Å². The van der Waals surface area contributed by atoms with Crippen molar-refractivity contribution in [3.05, 3.63) is 36.4 Å². The zero-order chi connectivity index (χ0) is 44.7. The van der Waals surface area contributed by atoms with Crippen LogP contribution < -0.4 is 60.9 Å². The maximum atomic E-state index is 10.6. The minimum Gasteiger partial charge on any atom is -1.00 e. The minimum atomic E-state index is -3.94. The molecule has 2 aromatic rings. The Morgan fingerprint density at radius 3 is 0.778 bits per heavy atom. The molecule has 0 radical (unpaired) electrons. The normalized spacial score (nSPS) is 11.9. The van der Waals surface area contributed by atoms with E-state index in [1.165, 1.54) is 0 Å². The van der Waals surface area contributed by atoms with Crippen LogP contribution >= 0.6 is 0 Å². The molecule has 23 heteroatoms. The third kappa shape index (κ3) is 39.0. The van der Waals surface area contributed by atoms with Crippen LogP contribution in [0.1, 0.15) is 14.3 Å². The second-order valence-electron chi connectivity index (χ2n) is 13.0. The van der Waals surface area contributed by atoms with Crippen LogP contribution in [0.2, 0.25) is 0 Å². The summed E-state index contributed by atoms with van der Waals surface area (Å²) in [6.07, 6.45) is 0.466. The molecule has 0 saturated carbocycles. The Bertz CT molecular complexity index is 1470. The van der Waals surface area contributed by atoms with E-state index >= 15 is 0 Å². The summed E-state index contributed by atoms with van der Waals surface area (Å²) in [5, 5.41) is 2.07. The average molecular weight is 973 g/mol. The fourth-order valence-electron chi connectivity index (χ4n) is 4.94. The average Bonchev–Trinajstić information content (AvgIpc) is 3.23. The van der Waals surface area contributed by atoms with Crippen molar-refractivity contribution in [1.29, 1.82) is 0 Å². The Kier molecular flexibility index (Phi) is 39.7. The van der Waals surface area contributed by atoms with Gasteiger partial charge in [-0.1, -0.05) is 24.3 Å². The van der Waals surface area contributed by atoms with Crippen LogP contribution in [-0.4, -0.2) is 209 Å². The van der Waals surface area contributed by atoms with E-state index in [0.717, 1.165) is 10.8 Å². The number of hydrogen-bond acceptors (Lipinski definition) is 18. The second-order valence-corrected chi connectivity index (χ2v) is 16.1. The molecule has 20 nitrogen and oxygen atoms in total. The molecular formula is C40H69KO20S2. The molecule has 0 bridgehead atoms. The van der Waals surface area contributed by atoms with E-state index in [0.29, 0.717) is 170 Å². The quantitative estimate of drug-likeness (QED) is 0.0482. The van der Waals surface area contributed by atoms with Gasteiger partial charge in [0, 0.05) is 13.2 Å². The third-order valence-corrected chi connectivity index (χ3v) is 9.49. The molecule has 0 spiro atoms. The summed E-state index contributed by atoms with van der Waals surface area (Å²) >= 11 is 0. The van der Waals surface area contributed by atoms with E-state index in [4.69, 9.17) is 75.4 Å². The van der Waals surface area contributed by atoms with Gasteiger partial charge in [-0.25, -0.2) is 0 Å². The third-order valence-electron chi connectivity index (χ3n) is 7.88. The van der Waals surface area contributed by atoms with Crippen molar-refractivity contribution in [2.75, 3.05) is 183 Å². The molecule has 0 saturated heterocycles.